The van der Waals surface area contributed by atoms with Gasteiger partial charge in [0.1, 0.15) is 6.61 Å². The lowest BCUT2D eigenvalue weighted by molar-refractivity contribution is 0.0955. The van der Waals surface area contributed by atoms with Crippen molar-refractivity contribution >= 4 is 12.1 Å². The molecule has 0 aliphatic heterocycles. The summed E-state index contributed by atoms with van der Waals surface area (Å²) >= 11 is 0. The summed E-state index contributed by atoms with van der Waals surface area (Å²) in [6, 6.07) is 25.6. The summed E-state index contributed by atoms with van der Waals surface area (Å²) in [6.07, 6.45) is 5.64. The van der Waals surface area contributed by atoms with Crippen LogP contribution in [0.4, 0.5) is 0 Å². The Kier molecular flexibility index (Phi) is 8.57. The highest BCUT2D eigenvalue weighted by Crippen LogP contribution is 2.33. The molecule has 0 saturated heterocycles. The van der Waals surface area contributed by atoms with Crippen molar-refractivity contribution in [3.63, 3.8) is 0 Å². The normalized spacial score (nSPS) is 10.8. The van der Waals surface area contributed by atoms with Crippen molar-refractivity contribution in [2.75, 3.05) is 13.7 Å². The van der Waals surface area contributed by atoms with Crippen LogP contribution in [0.2, 0.25) is 0 Å². The van der Waals surface area contributed by atoms with Crippen LogP contribution in [-0.4, -0.2) is 30.4 Å². The molecule has 4 rings (SSSR count). The molecule has 0 atom stereocenters. The number of hydrogen-bond acceptors (Lipinski definition) is 4. The fourth-order valence-electron chi connectivity index (χ4n) is 4.23. The topological polar surface area (TPSA) is 64.8 Å². The highest BCUT2D eigenvalue weighted by Gasteiger charge is 2.13. The molecule has 1 amide bonds. The Morgan fingerprint density at radius 2 is 1.76 bits per heavy atom. The minimum Gasteiger partial charge on any atom is -0.493 e. The maximum atomic E-state index is 12.8. The molecule has 0 saturated carbocycles. The van der Waals surface area contributed by atoms with Gasteiger partial charge in [-0.25, -0.2) is 5.43 Å². The number of carbonyl (C=O) groups is 1. The number of benzene rings is 3. The molecule has 4 aromatic rings. The first-order chi connectivity index (χ1) is 18.5. The molecule has 0 spiro atoms. The van der Waals surface area contributed by atoms with E-state index in [1.807, 2.05) is 36.4 Å². The van der Waals surface area contributed by atoms with Crippen molar-refractivity contribution in [3.05, 3.63) is 127 Å². The van der Waals surface area contributed by atoms with Crippen molar-refractivity contribution in [2.24, 2.45) is 5.10 Å². The van der Waals surface area contributed by atoms with E-state index in [-0.39, 0.29) is 5.91 Å². The zero-order chi connectivity index (χ0) is 26.9. The minimum atomic E-state index is -0.301. The van der Waals surface area contributed by atoms with Gasteiger partial charge < -0.3 is 14.0 Å². The number of aryl methyl sites for hydroxylation is 1. The summed E-state index contributed by atoms with van der Waals surface area (Å²) in [4.78, 5) is 12.8. The molecular weight excluding hydrogens is 474 g/mol. The van der Waals surface area contributed by atoms with Crippen molar-refractivity contribution in [3.8, 4) is 28.4 Å². The fourth-order valence-corrected chi connectivity index (χ4v) is 4.23. The molecule has 0 fully saturated rings. The van der Waals surface area contributed by atoms with Crippen LogP contribution < -0.4 is 14.9 Å². The predicted molar refractivity (Wildman–Crippen MR) is 154 cm³/mol. The molecule has 6 nitrogen and oxygen atoms in total. The molecule has 0 radical (unpaired) electrons. The number of aromatic nitrogens is 1. The molecule has 0 aliphatic rings. The second kappa shape index (κ2) is 12.4. The van der Waals surface area contributed by atoms with Gasteiger partial charge >= 0.3 is 0 Å². The maximum Gasteiger partial charge on any atom is 0.271 e. The van der Waals surface area contributed by atoms with Gasteiger partial charge in [-0.2, -0.15) is 5.10 Å². The van der Waals surface area contributed by atoms with E-state index >= 15 is 0 Å². The third kappa shape index (κ3) is 5.93. The zero-order valence-corrected chi connectivity index (χ0v) is 21.7. The lowest BCUT2D eigenvalue weighted by Crippen LogP contribution is -2.17. The summed E-state index contributed by atoms with van der Waals surface area (Å²) in [5.41, 5.74) is 9.09. The van der Waals surface area contributed by atoms with Crippen molar-refractivity contribution in [2.45, 2.75) is 13.3 Å². The Bertz CT molecular complexity index is 1450. The summed E-state index contributed by atoms with van der Waals surface area (Å²) in [7, 11) is 1.58. The second-order valence-electron chi connectivity index (χ2n) is 8.61. The van der Waals surface area contributed by atoms with Gasteiger partial charge in [0.25, 0.3) is 5.91 Å². The number of ether oxygens (including phenoxy) is 2. The molecular formula is C32H31N3O3. The van der Waals surface area contributed by atoms with Gasteiger partial charge in [-0.15, -0.1) is 6.58 Å². The average molecular weight is 506 g/mol. The summed E-state index contributed by atoms with van der Waals surface area (Å²) in [5, 5.41) is 4.16. The second-order valence-corrected chi connectivity index (χ2v) is 8.61. The first-order valence-corrected chi connectivity index (χ1v) is 12.3. The van der Waals surface area contributed by atoms with Crippen LogP contribution in [0, 0.1) is 6.92 Å². The molecule has 6 heteroatoms. The molecule has 0 unspecified atom stereocenters. The van der Waals surface area contributed by atoms with E-state index in [1.165, 1.54) is 0 Å². The molecule has 0 bridgehead atoms. The van der Waals surface area contributed by atoms with E-state index in [1.54, 1.807) is 43.7 Å². The van der Waals surface area contributed by atoms with E-state index in [0.717, 1.165) is 33.8 Å². The number of allylic oxidation sites excluding steroid dienone is 1. The van der Waals surface area contributed by atoms with Crippen LogP contribution in [0.1, 0.15) is 27.2 Å². The Morgan fingerprint density at radius 1 is 1.00 bits per heavy atom. The van der Waals surface area contributed by atoms with E-state index in [9.17, 15) is 4.79 Å². The van der Waals surface area contributed by atoms with Crippen LogP contribution in [0.15, 0.2) is 109 Å². The van der Waals surface area contributed by atoms with E-state index in [4.69, 9.17) is 9.47 Å². The number of amides is 1. The van der Waals surface area contributed by atoms with E-state index < -0.39 is 0 Å². The Labute approximate surface area is 223 Å². The van der Waals surface area contributed by atoms with Crippen LogP contribution in [0.3, 0.4) is 0 Å². The first-order valence-electron chi connectivity index (χ1n) is 12.3. The van der Waals surface area contributed by atoms with Gasteiger partial charge in [0.15, 0.2) is 11.5 Å². The van der Waals surface area contributed by atoms with Crippen molar-refractivity contribution in [1.29, 1.82) is 0 Å². The van der Waals surface area contributed by atoms with E-state index in [2.05, 4.69) is 59.4 Å². The molecule has 1 N–H and O–H groups in total. The Morgan fingerprint density at radius 3 is 2.45 bits per heavy atom. The zero-order valence-electron chi connectivity index (χ0n) is 21.7. The summed E-state index contributed by atoms with van der Waals surface area (Å²) in [5.74, 6) is 0.913. The van der Waals surface area contributed by atoms with Crippen LogP contribution in [-0.2, 0) is 6.42 Å². The lowest BCUT2D eigenvalue weighted by Gasteiger charge is -2.14. The fraction of sp³-hybridized carbons (Fsp3) is 0.125. The molecule has 1 heterocycles. The molecule has 3 aromatic carbocycles. The number of carbonyl (C=O) groups excluding carboxylic acids is 1. The molecule has 192 valence electrons. The van der Waals surface area contributed by atoms with Gasteiger partial charge in [0.2, 0.25) is 0 Å². The highest BCUT2D eigenvalue weighted by molar-refractivity contribution is 5.95. The largest absolute Gasteiger partial charge is 0.493 e. The average Bonchev–Trinajstić information content (AvgIpc) is 3.34. The minimum absolute atomic E-state index is 0.301. The number of hydrazone groups is 1. The molecule has 38 heavy (non-hydrogen) atoms. The standard InChI is InChI=1S/C32H31N3O3/c1-5-10-27-20-24(21-30(37-4)31(27)38-19-6-2)22-33-34-32(36)26-14-16-28(17-15-26)35-23(3)13-18-29(35)25-11-8-7-9-12-25/h5-9,11-18,20-22H,1-2,10,19H2,3-4H3,(H,34,36)/b33-22+. The van der Waals surface area contributed by atoms with Gasteiger partial charge in [-0.1, -0.05) is 49.1 Å². The van der Waals surface area contributed by atoms with Gasteiger partial charge in [0, 0.05) is 22.5 Å². The van der Waals surface area contributed by atoms with Crippen LogP contribution >= 0.6 is 0 Å². The predicted octanol–water partition coefficient (Wildman–Crippen LogP) is 6.52. The number of hydrogen-bond donors (Lipinski definition) is 1. The van der Waals surface area contributed by atoms with Gasteiger partial charge in [-0.05, 0) is 73.0 Å². The number of methoxy groups -OCH3 is 1. The monoisotopic (exact) mass is 505 g/mol. The summed E-state index contributed by atoms with van der Waals surface area (Å²) < 4.78 is 13.5. The quantitative estimate of drug-likeness (QED) is 0.143. The highest BCUT2D eigenvalue weighted by atomic mass is 16.5. The molecule has 1 aromatic heterocycles. The number of rotatable bonds is 11. The van der Waals surface area contributed by atoms with Crippen LogP contribution in [0.25, 0.3) is 16.9 Å². The Balaban J connectivity index is 1.49. The maximum absolute atomic E-state index is 12.8. The van der Waals surface area contributed by atoms with Crippen molar-refractivity contribution < 1.29 is 14.3 Å². The number of nitrogens with one attached hydrogen (secondary N) is 1. The number of nitrogens with zero attached hydrogens (tertiary/aromatic N) is 2. The van der Waals surface area contributed by atoms with Gasteiger partial charge in [0.05, 0.1) is 19.0 Å². The van der Waals surface area contributed by atoms with Crippen molar-refractivity contribution in [1.82, 2.24) is 9.99 Å². The molecule has 0 aliphatic carbocycles. The first kappa shape index (κ1) is 26.2. The Hall–Kier alpha value is -4.84. The van der Waals surface area contributed by atoms with Crippen LogP contribution in [0.5, 0.6) is 11.5 Å². The lowest BCUT2D eigenvalue weighted by atomic mass is 10.1. The third-order valence-electron chi connectivity index (χ3n) is 6.00. The SMILES string of the molecule is C=CCOc1c(CC=C)cc(/C=N/NC(=O)c2ccc(-n3c(C)ccc3-c3ccccc3)cc2)cc1OC. The third-order valence-corrected chi connectivity index (χ3v) is 6.00. The smallest absolute Gasteiger partial charge is 0.271 e. The summed E-state index contributed by atoms with van der Waals surface area (Å²) in [6.45, 7) is 9.94. The van der Waals surface area contributed by atoms with E-state index in [0.29, 0.717) is 30.1 Å². The van der Waals surface area contributed by atoms with Gasteiger partial charge in [-0.3, -0.25) is 4.79 Å².